The van der Waals surface area contributed by atoms with Crippen LogP contribution in [0.3, 0.4) is 0 Å². The molecule has 3 nitrogen and oxygen atoms in total. The third kappa shape index (κ3) is 2.97. The highest BCUT2D eigenvalue weighted by molar-refractivity contribution is 6.30. The Labute approximate surface area is 81.1 Å². The molecule has 70 valence electrons. The van der Waals surface area contributed by atoms with E-state index in [1.165, 1.54) is 0 Å². The predicted molar refractivity (Wildman–Crippen MR) is 51.3 cm³/mol. The van der Waals surface area contributed by atoms with Crippen molar-refractivity contribution >= 4 is 11.6 Å². The lowest BCUT2D eigenvalue weighted by Crippen LogP contribution is -2.00. The van der Waals surface area contributed by atoms with Crippen molar-refractivity contribution in [1.29, 1.82) is 0 Å². The summed E-state index contributed by atoms with van der Waals surface area (Å²) in [5, 5.41) is 18.7. The van der Waals surface area contributed by atoms with Gasteiger partial charge in [0.25, 0.3) is 0 Å². The molecule has 0 bridgehead atoms. The summed E-state index contributed by atoms with van der Waals surface area (Å²) in [5.74, 6) is -0.410. The number of hydrogen-bond acceptors (Lipinski definition) is 3. The highest BCUT2D eigenvalue weighted by Gasteiger charge is 2.04. The van der Waals surface area contributed by atoms with Crippen LogP contribution in [0.1, 0.15) is 11.7 Å². The summed E-state index contributed by atoms with van der Waals surface area (Å²) >= 11 is 5.70. The molecule has 0 amide bonds. The van der Waals surface area contributed by atoms with Gasteiger partial charge in [-0.25, -0.2) is 0 Å². The smallest absolute Gasteiger partial charge is 0.180 e. The molecule has 0 radical (unpaired) electrons. The summed E-state index contributed by atoms with van der Waals surface area (Å²) in [4.78, 5) is 0. The van der Waals surface area contributed by atoms with Crippen LogP contribution < -0.4 is 5.73 Å². The summed E-state index contributed by atoms with van der Waals surface area (Å²) in [6.45, 7) is 0. The van der Waals surface area contributed by atoms with Gasteiger partial charge in [-0.05, 0) is 17.7 Å². The highest BCUT2D eigenvalue weighted by atomic mass is 35.5. The molecular formula is C9H10ClNO2. The molecular weight excluding hydrogens is 190 g/mol. The Morgan fingerprint density at radius 3 is 2.77 bits per heavy atom. The fourth-order valence-electron chi connectivity index (χ4n) is 0.949. The quantitative estimate of drug-likeness (QED) is 0.636. The van der Waals surface area contributed by atoms with Crippen molar-refractivity contribution in [3.63, 3.8) is 0 Å². The van der Waals surface area contributed by atoms with Crippen molar-refractivity contribution in [3.8, 4) is 0 Å². The molecule has 1 atom stereocenters. The maximum absolute atomic E-state index is 9.44. The van der Waals surface area contributed by atoms with E-state index in [2.05, 4.69) is 0 Å². The predicted octanol–water partition coefficient (Wildman–Crippen LogP) is 1.73. The van der Waals surface area contributed by atoms with Gasteiger partial charge in [0.1, 0.15) is 6.10 Å². The molecule has 0 heterocycles. The molecule has 0 fully saturated rings. The number of nitrogens with two attached hydrogens (primary N) is 1. The fraction of sp³-hybridized carbons (Fsp3) is 0.111. The van der Waals surface area contributed by atoms with Crippen LogP contribution in [0.2, 0.25) is 5.02 Å². The Morgan fingerprint density at radius 2 is 2.23 bits per heavy atom. The Balaban J connectivity index is 2.89. The van der Waals surface area contributed by atoms with E-state index < -0.39 is 12.0 Å². The number of aliphatic hydroxyl groups excluding tert-OH is 2. The molecule has 0 aliphatic heterocycles. The van der Waals surface area contributed by atoms with Crippen LogP contribution in [-0.2, 0) is 0 Å². The SMILES string of the molecule is NC(O)=CC(O)c1cccc(Cl)c1. The van der Waals surface area contributed by atoms with Gasteiger partial charge in [-0.2, -0.15) is 0 Å². The van der Waals surface area contributed by atoms with Crippen LogP contribution in [-0.4, -0.2) is 10.2 Å². The summed E-state index contributed by atoms with van der Waals surface area (Å²) in [6.07, 6.45) is 0.203. The van der Waals surface area contributed by atoms with Crippen LogP contribution >= 0.6 is 11.6 Å². The lowest BCUT2D eigenvalue weighted by molar-refractivity contribution is 0.221. The Kier molecular flexibility index (Phi) is 3.17. The number of halogens is 1. The molecule has 1 aromatic rings. The monoisotopic (exact) mass is 199 g/mol. The third-order valence-electron chi connectivity index (χ3n) is 1.52. The second kappa shape index (κ2) is 4.16. The van der Waals surface area contributed by atoms with E-state index in [1.807, 2.05) is 0 Å². The minimum atomic E-state index is -0.927. The number of benzene rings is 1. The van der Waals surface area contributed by atoms with Gasteiger partial charge in [-0.3, -0.25) is 0 Å². The van der Waals surface area contributed by atoms with Gasteiger partial charge in [-0.15, -0.1) is 0 Å². The van der Waals surface area contributed by atoms with Crippen LogP contribution in [0.25, 0.3) is 0 Å². The van der Waals surface area contributed by atoms with Gasteiger partial charge in [0.05, 0.1) is 0 Å². The van der Waals surface area contributed by atoms with Gasteiger partial charge in [-0.1, -0.05) is 23.7 Å². The molecule has 0 saturated carbocycles. The lowest BCUT2D eigenvalue weighted by Gasteiger charge is -2.05. The second-order valence-corrected chi connectivity index (χ2v) is 3.03. The first-order chi connectivity index (χ1) is 6.09. The van der Waals surface area contributed by atoms with Crippen molar-refractivity contribution < 1.29 is 10.2 Å². The van der Waals surface area contributed by atoms with E-state index in [1.54, 1.807) is 24.3 Å². The van der Waals surface area contributed by atoms with Gasteiger partial charge in [0.15, 0.2) is 5.88 Å². The summed E-state index contributed by atoms with van der Waals surface area (Å²) in [7, 11) is 0. The minimum Gasteiger partial charge on any atom is -0.495 e. The first kappa shape index (κ1) is 9.89. The topological polar surface area (TPSA) is 66.5 Å². The number of hydrogen-bond donors (Lipinski definition) is 3. The largest absolute Gasteiger partial charge is 0.495 e. The third-order valence-corrected chi connectivity index (χ3v) is 1.75. The zero-order valence-corrected chi connectivity index (χ0v) is 7.57. The Hall–Kier alpha value is -1.19. The van der Waals surface area contributed by atoms with Crippen LogP contribution in [0.5, 0.6) is 0 Å². The molecule has 0 aliphatic rings. The van der Waals surface area contributed by atoms with Gasteiger partial charge in [0, 0.05) is 11.1 Å². The number of aliphatic hydroxyl groups is 2. The van der Waals surface area contributed by atoms with Crippen molar-refractivity contribution in [2.24, 2.45) is 5.73 Å². The lowest BCUT2D eigenvalue weighted by atomic mass is 10.1. The first-order valence-electron chi connectivity index (χ1n) is 3.69. The molecule has 0 aliphatic carbocycles. The van der Waals surface area contributed by atoms with E-state index in [0.29, 0.717) is 10.6 Å². The Bertz CT molecular complexity index is 321. The van der Waals surface area contributed by atoms with E-state index in [-0.39, 0.29) is 0 Å². The maximum Gasteiger partial charge on any atom is 0.180 e. The van der Waals surface area contributed by atoms with E-state index in [4.69, 9.17) is 22.4 Å². The zero-order valence-electron chi connectivity index (χ0n) is 6.81. The van der Waals surface area contributed by atoms with E-state index in [0.717, 1.165) is 6.08 Å². The van der Waals surface area contributed by atoms with Crippen molar-refractivity contribution in [1.82, 2.24) is 0 Å². The molecule has 4 N–H and O–H groups in total. The molecule has 0 aromatic heterocycles. The van der Waals surface area contributed by atoms with Gasteiger partial charge < -0.3 is 15.9 Å². The summed E-state index contributed by atoms with van der Waals surface area (Å²) in [5.41, 5.74) is 5.58. The molecule has 1 aromatic carbocycles. The van der Waals surface area contributed by atoms with Crippen molar-refractivity contribution in [3.05, 3.63) is 46.8 Å². The van der Waals surface area contributed by atoms with Crippen LogP contribution in [0, 0.1) is 0 Å². The zero-order chi connectivity index (χ0) is 9.84. The van der Waals surface area contributed by atoms with Gasteiger partial charge >= 0.3 is 0 Å². The maximum atomic E-state index is 9.44. The van der Waals surface area contributed by atoms with Crippen molar-refractivity contribution in [2.75, 3.05) is 0 Å². The normalized spacial score (nSPS) is 14.2. The molecule has 4 heteroatoms. The molecule has 13 heavy (non-hydrogen) atoms. The summed E-state index contributed by atoms with van der Waals surface area (Å²) < 4.78 is 0. The van der Waals surface area contributed by atoms with Gasteiger partial charge in [0.2, 0.25) is 0 Å². The minimum absolute atomic E-state index is 0.410. The highest BCUT2D eigenvalue weighted by Crippen LogP contribution is 2.18. The van der Waals surface area contributed by atoms with Crippen LogP contribution in [0.15, 0.2) is 36.2 Å². The van der Waals surface area contributed by atoms with Crippen molar-refractivity contribution in [2.45, 2.75) is 6.10 Å². The molecule has 0 saturated heterocycles. The Morgan fingerprint density at radius 1 is 1.54 bits per heavy atom. The average molecular weight is 200 g/mol. The van der Waals surface area contributed by atoms with Crippen LogP contribution in [0.4, 0.5) is 0 Å². The average Bonchev–Trinajstić information content (AvgIpc) is 2.03. The van der Waals surface area contributed by atoms with E-state index >= 15 is 0 Å². The van der Waals surface area contributed by atoms with E-state index in [9.17, 15) is 5.11 Å². The molecule has 1 rings (SSSR count). The molecule has 1 unspecified atom stereocenters. The summed E-state index contributed by atoms with van der Waals surface area (Å²) in [6, 6.07) is 6.70. The molecule has 0 spiro atoms. The fourth-order valence-corrected chi connectivity index (χ4v) is 1.15. The first-order valence-corrected chi connectivity index (χ1v) is 4.07. The second-order valence-electron chi connectivity index (χ2n) is 2.59. The standard InChI is InChI=1S/C9H10ClNO2/c10-7-3-1-2-6(4-7)8(12)5-9(11)13/h1-5,8,12-13H,11H2. The number of rotatable bonds is 2.